The van der Waals surface area contributed by atoms with Crippen molar-refractivity contribution in [1.29, 1.82) is 0 Å². The Kier molecular flexibility index (Phi) is 6.77. The van der Waals surface area contributed by atoms with Crippen LogP contribution < -0.4 is 0 Å². The summed E-state index contributed by atoms with van der Waals surface area (Å²) in [5, 5.41) is 9.98. The Morgan fingerprint density at radius 2 is 2.09 bits per heavy atom. The summed E-state index contributed by atoms with van der Waals surface area (Å²) < 4.78 is 18.3. The maximum absolute atomic E-state index is 13.1. The molecule has 23 heavy (non-hydrogen) atoms. The molecule has 1 heterocycles. The zero-order chi connectivity index (χ0) is 16.8. The van der Waals surface area contributed by atoms with Gasteiger partial charge in [0.15, 0.2) is 0 Å². The molecular weight excluding hydrogens is 323 g/mol. The number of nitrogens with zero attached hydrogens (tertiary/aromatic N) is 2. The first kappa shape index (κ1) is 18.1. The number of benzene rings is 1. The van der Waals surface area contributed by atoms with Crippen LogP contribution in [0.25, 0.3) is 0 Å². The Bertz CT molecular complexity index is 536. The van der Waals surface area contributed by atoms with Crippen LogP contribution in [0.3, 0.4) is 0 Å². The van der Waals surface area contributed by atoms with E-state index in [4.69, 9.17) is 16.3 Å². The summed E-state index contributed by atoms with van der Waals surface area (Å²) in [7, 11) is 0. The van der Waals surface area contributed by atoms with Crippen LogP contribution in [0.2, 0.25) is 5.02 Å². The van der Waals surface area contributed by atoms with Crippen molar-refractivity contribution in [2.75, 3.05) is 45.9 Å². The molecule has 2 rings (SSSR count). The zero-order valence-electron chi connectivity index (χ0n) is 13.2. The summed E-state index contributed by atoms with van der Waals surface area (Å²) in [5.74, 6) is -0.649. The Hall–Kier alpha value is -1.21. The van der Waals surface area contributed by atoms with Gasteiger partial charge in [-0.05, 0) is 25.1 Å². The van der Waals surface area contributed by atoms with E-state index in [0.717, 1.165) is 6.07 Å². The lowest BCUT2D eigenvalue weighted by Gasteiger charge is -2.35. The lowest BCUT2D eigenvalue weighted by Crippen LogP contribution is -2.50. The van der Waals surface area contributed by atoms with E-state index < -0.39 is 11.9 Å². The monoisotopic (exact) mass is 344 g/mol. The summed E-state index contributed by atoms with van der Waals surface area (Å²) in [5.41, 5.74) is 0.317. The minimum atomic E-state index is -0.524. The van der Waals surface area contributed by atoms with Crippen molar-refractivity contribution in [1.82, 2.24) is 9.80 Å². The Labute approximate surface area is 140 Å². The highest BCUT2D eigenvalue weighted by molar-refractivity contribution is 6.33. The zero-order valence-corrected chi connectivity index (χ0v) is 13.9. The molecule has 5 nitrogen and oxygen atoms in total. The molecule has 1 aromatic carbocycles. The Morgan fingerprint density at radius 3 is 2.70 bits per heavy atom. The second-order valence-corrected chi connectivity index (χ2v) is 5.94. The highest BCUT2D eigenvalue weighted by atomic mass is 35.5. The highest BCUT2D eigenvalue weighted by Crippen LogP contribution is 2.20. The number of aliphatic hydroxyl groups excluding tert-OH is 1. The molecule has 0 bridgehead atoms. The minimum absolute atomic E-state index is 0.129. The maximum Gasteiger partial charge on any atom is 0.255 e. The second kappa shape index (κ2) is 8.59. The third kappa shape index (κ3) is 5.14. The number of carbonyl (C=O) groups is 1. The second-order valence-electron chi connectivity index (χ2n) is 5.53. The van der Waals surface area contributed by atoms with E-state index in [1.54, 1.807) is 4.90 Å². The molecule has 0 aromatic heterocycles. The quantitative estimate of drug-likeness (QED) is 0.852. The van der Waals surface area contributed by atoms with Gasteiger partial charge < -0.3 is 14.7 Å². The van der Waals surface area contributed by atoms with Gasteiger partial charge in [-0.3, -0.25) is 9.69 Å². The van der Waals surface area contributed by atoms with E-state index in [2.05, 4.69) is 4.90 Å². The van der Waals surface area contributed by atoms with Gasteiger partial charge in [-0.15, -0.1) is 0 Å². The number of amides is 1. The molecule has 1 N–H and O–H groups in total. The summed E-state index contributed by atoms with van der Waals surface area (Å²) in [6.07, 6.45) is -0.524. The third-order valence-corrected chi connectivity index (χ3v) is 4.12. The molecule has 1 fully saturated rings. The summed E-state index contributed by atoms with van der Waals surface area (Å²) >= 11 is 5.94. The van der Waals surface area contributed by atoms with Crippen molar-refractivity contribution in [2.24, 2.45) is 0 Å². The number of piperazine rings is 1. The Morgan fingerprint density at radius 1 is 1.39 bits per heavy atom. The number of carbonyl (C=O) groups excluding carboxylic acids is 1. The molecule has 0 aliphatic carbocycles. The fourth-order valence-corrected chi connectivity index (χ4v) is 2.82. The molecule has 0 saturated carbocycles. The molecule has 1 aliphatic heterocycles. The lowest BCUT2D eigenvalue weighted by atomic mass is 10.1. The summed E-state index contributed by atoms with van der Waals surface area (Å²) in [4.78, 5) is 16.2. The average molecular weight is 345 g/mol. The van der Waals surface area contributed by atoms with E-state index in [-0.39, 0.29) is 10.9 Å². The molecule has 0 radical (unpaired) electrons. The van der Waals surface area contributed by atoms with Crippen LogP contribution in [0.5, 0.6) is 0 Å². The van der Waals surface area contributed by atoms with Gasteiger partial charge in [0.05, 0.1) is 23.3 Å². The first-order valence-corrected chi connectivity index (χ1v) is 8.11. The van der Waals surface area contributed by atoms with Gasteiger partial charge in [0.2, 0.25) is 0 Å². The number of ether oxygens (including phenoxy) is 1. The van der Waals surface area contributed by atoms with Crippen LogP contribution in [0, 0.1) is 5.82 Å². The van der Waals surface area contributed by atoms with Crippen LogP contribution >= 0.6 is 11.6 Å². The lowest BCUT2D eigenvalue weighted by molar-refractivity contribution is 0.0111. The van der Waals surface area contributed by atoms with E-state index >= 15 is 0 Å². The van der Waals surface area contributed by atoms with E-state index in [1.807, 2.05) is 6.92 Å². The van der Waals surface area contributed by atoms with E-state index in [0.29, 0.717) is 51.5 Å². The van der Waals surface area contributed by atoms with Crippen molar-refractivity contribution in [3.05, 3.63) is 34.6 Å². The van der Waals surface area contributed by atoms with Crippen molar-refractivity contribution in [3.8, 4) is 0 Å². The van der Waals surface area contributed by atoms with Gasteiger partial charge in [0.1, 0.15) is 5.82 Å². The van der Waals surface area contributed by atoms with Crippen molar-refractivity contribution in [2.45, 2.75) is 13.0 Å². The Balaban J connectivity index is 1.85. The molecule has 1 aromatic rings. The number of aliphatic hydroxyl groups is 1. The van der Waals surface area contributed by atoms with Crippen LogP contribution in [0.4, 0.5) is 4.39 Å². The van der Waals surface area contributed by atoms with Gasteiger partial charge in [-0.2, -0.15) is 0 Å². The van der Waals surface area contributed by atoms with Crippen LogP contribution in [0.1, 0.15) is 17.3 Å². The predicted molar refractivity (Wildman–Crippen MR) is 86.3 cm³/mol. The average Bonchev–Trinajstić information content (AvgIpc) is 2.53. The number of hydrogen-bond acceptors (Lipinski definition) is 4. The first-order chi connectivity index (χ1) is 11.0. The van der Waals surface area contributed by atoms with Crippen LogP contribution in [0.15, 0.2) is 18.2 Å². The molecule has 1 saturated heterocycles. The third-order valence-electron chi connectivity index (χ3n) is 3.80. The number of β-amino-alcohol motifs (C(OH)–C–C–N with tert-alkyl or cyclic N) is 1. The summed E-state index contributed by atoms with van der Waals surface area (Å²) in [6, 6.07) is 3.80. The number of halogens is 2. The van der Waals surface area contributed by atoms with E-state index in [1.165, 1.54) is 12.1 Å². The minimum Gasteiger partial charge on any atom is -0.389 e. The molecule has 1 aliphatic rings. The van der Waals surface area contributed by atoms with Crippen LogP contribution in [-0.2, 0) is 4.74 Å². The molecule has 0 spiro atoms. The molecular formula is C16H22ClFN2O3. The van der Waals surface area contributed by atoms with Crippen molar-refractivity contribution >= 4 is 17.5 Å². The standard InChI is InChI=1S/C16H22ClFN2O3/c1-2-23-11-13(21)10-19-5-7-20(8-6-19)16(22)14-4-3-12(18)9-15(14)17/h3-4,9,13,21H,2,5-8,10-11H2,1H3/t13-/m0/s1. The van der Waals surface area contributed by atoms with Gasteiger partial charge in [-0.25, -0.2) is 4.39 Å². The first-order valence-electron chi connectivity index (χ1n) is 7.73. The van der Waals surface area contributed by atoms with Gasteiger partial charge in [0, 0.05) is 39.3 Å². The van der Waals surface area contributed by atoms with Crippen molar-refractivity contribution < 1.29 is 19.0 Å². The molecule has 1 amide bonds. The largest absolute Gasteiger partial charge is 0.389 e. The van der Waals surface area contributed by atoms with Gasteiger partial charge in [-0.1, -0.05) is 11.6 Å². The fourth-order valence-electron chi connectivity index (χ4n) is 2.57. The van der Waals surface area contributed by atoms with Gasteiger partial charge in [0.25, 0.3) is 5.91 Å². The van der Waals surface area contributed by atoms with E-state index in [9.17, 15) is 14.3 Å². The van der Waals surface area contributed by atoms with Crippen LogP contribution in [-0.4, -0.2) is 72.9 Å². The topological polar surface area (TPSA) is 53.0 Å². The molecule has 1 atom stereocenters. The maximum atomic E-state index is 13.1. The highest BCUT2D eigenvalue weighted by Gasteiger charge is 2.24. The fraction of sp³-hybridized carbons (Fsp3) is 0.562. The SMILES string of the molecule is CCOC[C@@H](O)CN1CCN(C(=O)c2ccc(F)cc2Cl)CC1. The number of rotatable bonds is 6. The van der Waals surface area contributed by atoms with Gasteiger partial charge >= 0.3 is 0 Å². The molecule has 0 unspecified atom stereocenters. The smallest absolute Gasteiger partial charge is 0.255 e. The van der Waals surface area contributed by atoms with Crippen molar-refractivity contribution in [3.63, 3.8) is 0 Å². The summed E-state index contributed by atoms with van der Waals surface area (Å²) in [6.45, 7) is 5.76. The number of hydrogen-bond donors (Lipinski definition) is 1. The molecule has 128 valence electrons. The predicted octanol–water partition coefficient (Wildman–Crippen LogP) is 1.63. The molecule has 7 heteroatoms. The normalized spacial score (nSPS) is 17.3.